The quantitative estimate of drug-likeness (QED) is 0.348. The summed E-state index contributed by atoms with van der Waals surface area (Å²) in [6.45, 7) is 3.05. The maximum atomic E-state index is 13.2. The normalized spacial score (nSPS) is 18.4. The summed E-state index contributed by atoms with van der Waals surface area (Å²) in [4.78, 5) is 30.2. The minimum Gasteiger partial charge on any atom is -0.494 e. The molecule has 2 aromatic heterocycles. The molecule has 0 spiro atoms. The third-order valence-corrected chi connectivity index (χ3v) is 6.10. The first kappa shape index (κ1) is 22.3. The summed E-state index contributed by atoms with van der Waals surface area (Å²) < 4.78 is 12.5. The number of pyridine rings is 2. The molecule has 0 saturated heterocycles. The van der Waals surface area contributed by atoms with Gasteiger partial charge in [-0.05, 0) is 49.7 Å². The number of benzene rings is 1. The van der Waals surface area contributed by atoms with E-state index in [0.29, 0.717) is 42.2 Å². The van der Waals surface area contributed by atoms with E-state index >= 15 is 0 Å². The molecule has 1 atom stereocenters. The maximum absolute atomic E-state index is 13.2. The highest BCUT2D eigenvalue weighted by Gasteiger charge is 2.45. The number of hydrogen-bond acceptors (Lipinski definition) is 7. The number of carbonyl (C=O) groups is 1. The van der Waals surface area contributed by atoms with Gasteiger partial charge in [0, 0.05) is 16.5 Å². The Morgan fingerprint density at radius 3 is 2.84 bits per heavy atom. The van der Waals surface area contributed by atoms with E-state index in [9.17, 15) is 14.7 Å². The summed E-state index contributed by atoms with van der Waals surface area (Å²) in [6.07, 6.45) is 0.895. The summed E-state index contributed by atoms with van der Waals surface area (Å²) >= 11 is 0. The molecule has 32 heavy (non-hydrogen) atoms. The summed E-state index contributed by atoms with van der Waals surface area (Å²) in [5.41, 5.74) is 7.03. The number of hydrogen-bond donors (Lipinski definition) is 2. The molecule has 0 radical (unpaired) electrons. The van der Waals surface area contributed by atoms with Crippen LogP contribution in [-0.4, -0.2) is 33.8 Å². The van der Waals surface area contributed by atoms with Crippen molar-refractivity contribution in [3.8, 4) is 17.1 Å². The van der Waals surface area contributed by atoms with E-state index in [1.807, 2.05) is 24.3 Å². The van der Waals surface area contributed by atoms with Crippen molar-refractivity contribution < 1.29 is 19.4 Å². The summed E-state index contributed by atoms with van der Waals surface area (Å²) in [6, 6.07) is 9.39. The van der Waals surface area contributed by atoms with Crippen molar-refractivity contribution in [3.63, 3.8) is 0 Å². The van der Waals surface area contributed by atoms with Crippen LogP contribution in [0.3, 0.4) is 0 Å². The number of esters is 1. The predicted octanol–water partition coefficient (Wildman–Crippen LogP) is 2.23. The molecule has 0 bridgehead atoms. The van der Waals surface area contributed by atoms with Gasteiger partial charge in [0.05, 0.1) is 35.6 Å². The molecule has 0 aliphatic carbocycles. The first-order chi connectivity index (χ1) is 15.0. The van der Waals surface area contributed by atoms with Crippen LogP contribution in [0.1, 0.15) is 36.5 Å². The third kappa shape index (κ3) is 3.26. The van der Waals surface area contributed by atoms with E-state index in [1.54, 1.807) is 17.6 Å². The number of rotatable bonds is 5. The molecule has 2 aliphatic rings. The highest BCUT2D eigenvalue weighted by atomic mass is 35.5. The van der Waals surface area contributed by atoms with E-state index in [4.69, 9.17) is 20.2 Å². The Morgan fingerprint density at radius 2 is 2.09 bits per heavy atom. The van der Waals surface area contributed by atoms with Gasteiger partial charge < -0.3 is 24.9 Å². The van der Waals surface area contributed by atoms with Crippen LogP contribution in [-0.2, 0) is 28.3 Å². The van der Waals surface area contributed by atoms with Gasteiger partial charge in [0.2, 0.25) is 0 Å². The second kappa shape index (κ2) is 8.20. The number of fused-ring (bicyclic) bond motifs is 5. The van der Waals surface area contributed by atoms with Crippen LogP contribution >= 0.6 is 12.4 Å². The predicted molar refractivity (Wildman–Crippen MR) is 121 cm³/mol. The van der Waals surface area contributed by atoms with E-state index < -0.39 is 11.6 Å². The van der Waals surface area contributed by atoms with Crippen molar-refractivity contribution in [2.75, 3.05) is 13.2 Å². The minimum absolute atomic E-state index is 0. The van der Waals surface area contributed by atoms with Crippen molar-refractivity contribution in [1.29, 1.82) is 0 Å². The van der Waals surface area contributed by atoms with Crippen molar-refractivity contribution in [1.82, 2.24) is 9.55 Å². The third-order valence-electron chi connectivity index (χ3n) is 6.10. The lowest BCUT2D eigenvalue weighted by atomic mass is 9.86. The maximum Gasteiger partial charge on any atom is 0.343 e. The molecule has 0 unspecified atom stereocenters. The number of cyclic esters (lactones) is 1. The molecule has 0 saturated carbocycles. The summed E-state index contributed by atoms with van der Waals surface area (Å²) in [5.74, 6) is 0.0215. The highest BCUT2D eigenvalue weighted by Crippen LogP contribution is 2.38. The van der Waals surface area contributed by atoms with Gasteiger partial charge >= 0.3 is 5.97 Å². The molecule has 3 N–H and O–H groups in total. The fraction of sp³-hybridized carbons (Fsp3) is 0.348. The topological polar surface area (TPSA) is 117 Å². The molecule has 5 rings (SSSR count). The van der Waals surface area contributed by atoms with Crippen LogP contribution in [0.5, 0.6) is 5.75 Å². The van der Waals surface area contributed by atoms with Gasteiger partial charge in [-0.2, -0.15) is 0 Å². The number of aromatic nitrogens is 2. The lowest BCUT2D eigenvalue weighted by Gasteiger charge is -2.31. The fourth-order valence-corrected chi connectivity index (χ4v) is 4.33. The Labute approximate surface area is 190 Å². The molecular formula is C23H24ClN3O5. The van der Waals surface area contributed by atoms with Crippen LogP contribution in [0.25, 0.3) is 22.3 Å². The molecule has 2 aliphatic heterocycles. The lowest BCUT2D eigenvalue weighted by Crippen LogP contribution is -2.44. The second-order valence-electron chi connectivity index (χ2n) is 7.94. The summed E-state index contributed by atoms with van der Waals surface area (Å²) in [7, 11) is 0. The van der Waals surface area contributed by atoms with E-state index in [2.05, 4.69) is 0 Å². The molecule has 168 valence electrons. The number of carbonyl (C=O) groups excluding carboxylic acids is 1. The molecule has 3 aromatic rings. The van der Waals surface area contributed by atoms with Crippen LogP contribution < -0.4 is 16.0 Å². The number of nitrogens with zero attached hydrogens (tertiary/aromatic N) is 2. The van der Waals surface area contributed by atoms with Crippen molar-refractivity contribution in [3.05, 3.63) is 57.4 Å². The molecule has 4 heterocycles. The van der Waals surface area contributed by atoms with Gasteiger partial charge in [-0.15, -0.1) is 12.4 Å². The van der Waals surface area contributed by atoms with Gasteiger partial charge in [-0.1, -0.05) is 6.92 Å². The first-order valence-electron chi connectivity index (χ1n) is 10.4. The summed E-state index contributed by atoms with van der Waals surface area (Å²) in [5, 5.41) is 11.8. The molecular weight excluding hydrogens is 434 g/mol. The monoisotopic (exact) mass is 457 g/mol. The van der Waals surface area contributed by atoms with Crippen molar-refractivity contribution in [2.24, 2.45) is 5.73 Å². The molecule has 1 aromatic carbocycles. The first-order valence-corrected chi connectivity index (χ1v) is 10.4. The largest absolute Gasteiger partial charge is 0.494 e. The zero-order valence-corrected chi connectivity index (χ0v) is 18.4. The Morgan fingerprint density at radius 1 is 1.28 bits per heavy atom. The van der Waals surface area contributed by atoms with Gasteiger partial charge in [-0.3, -0.25) is 4.79 Å². The van der Waals surface area contributed by atoms with Crippen LogP contribution in [0.15, 0.2) is 35.1 Å². The number of ether oxygens (including phenoxy) is 2. The Kier molecular flexibility index (Phi) is 5.70. The zero-order valence-electron chi connectivity index (χ0n) is 17.6. The van der Waals surface area contributed by atoms with E-state index in [-0.39, 0.29) is 31.0 Å². The molecule has 0 amide bonds. The van der Waals surface area contributed by atoms with Crippen LogP contribution in [0.2, 0.25) is 0 Å². The smallest absolute Gasteiger partial charge is 0.343 e. The average Bonchev–Trinajstić information content (AvgIpc) is 3.13. The molecule has 8 nitrogen and oxygen atoms in total. The molecule has 9 heteroatoms. The SMILES string of the molecule is CC[C@@]1(O)C(=O)OCc2c1cc1n(c2=O)Cc2cc3cc(OCCCN)ccc3nc2-1.Cl. The van der Waals surface area contributed by atoms with E-state index in [0.717, 1.165) is 28.6 Å². The lowest BCUT2D eigenvalue weighted by molar-refractivity contribution is -0.172. The van der Waals surface area contributed by atoms with Crippen LogP contribution in [0, 0.1) is 0 Å². The van der Waals surface area contributed by atoms with Gasteiger partial charge in [0.15, 0.2) is 5.60 Å². The highest BCUT2D eigenvalue weighted by molar-refractivity contribution is 5.87. The van der Waals surface area contributed by atoms with Crippen molar-refractivity contribution in [2.45, 2.75) is 38.5 Å². The van der Waals surface area contributed by atoms with E-state index in [1.165, 1.54) is 0 Å². The van der Waals surface area contributed by atoms with Gasteiger partial charge in [-0.25, -0.2) is 9.78 Å². The van der Waals surface area contributed by atoms with Gasteiger partial charge in [0.25, 0.3) is 5.56 Å². The fourth-order valence-electron chi connectivity index (χ4n) is 4.33. The standard InChI is InChI=1S/C23H23N3O5.ClH/c1-2-23(29)17-10-19-20-14(11-26(19)21(27)16(17)12-31-22(23)28)8-13-9-15(30-7-3-6-24)4-5-18(13)25-20;/h4-5,8-10,29H,2-3,6-7,11-12,24H2,1H3;1H/t23-;/m0./s1. The minimum atomic E-state index is -1.82. The number of halogens is 1. The Balaban J connectivity index is 0.00000245. The van der Waals surface area contributed by atoms with Gasteiger partial charge in [0.1, 0.15) is 12.4 Å². The average molecular weight is 458 g/mol. The van der Waals surface area contributed by atoms with Crippen molar-refractivity contribution >= 4 is 29.3 Å². The molecule has 0 fully saturated rings. The Bertz CT molecular complexity index is 1290. The number of aliphatic hydroxyl groups is 1. The second-order valence-corrected chi connectivity index (χ2v) is 7.94. The Hall–Kier alpha value is -2.94. The zero-order chi connectivity index (χ0) is 21.8. The number of nitrogens with two attached hydrogens (primary N) is 1. The van der Waals surface area contributed by atoms with Crippen LogP contribution in [0.4, 0.5) is 0 Å².